The van der Waals surface area contributed by atoms with E-state index in [2.05, 4.69) is 10.3 Å². The molecule has 0 atom stereocenters. The van der Waals surface area contributed by atoms with Crippen molar-refractivity contribution in [2.24, 2.45) is 0 Å². The van der Waals surface area contributed by atoms with Crippen LogP contribution in [-0.2, 0) is 6.54 Å². The van der Waals surface area contributed by atoms with Crippen LogP contribution in [-0.4, -0.2) is 10.9 Å². The molecular formula is C19H16Cl2N2OS. The highest BCUT2D eigenvalue weighted by Crippen LogP contribution is 2.25. The number of hydrogen-bond acceptors (Lipinski definition) is 3. The summed E-state index contributed by atoms with van der Waals surface area (Å²) >= 11 is 13.8. The van der Waals surface area contributed by atoms with Gasteiger partial charge in [-0.3, -0.25) is 4.79 Å². The first-order chi connectivity index (χ1) is 11.9. The van der Waals surface area contributed by atoms with Gasteiger partial charge in [-0.15, -0.1) is 11.3 Å². The molecule has 0 fully saturated rings. The van der Waals surface area contributed by atoms with Crippen molar-refractivity contribution in [3.05, 3.63) is 73.5 Å². The van der Waals surface area contributed by atoms with E-state index in [0.717, 1.165) is 27.4 Å². The Morgan fingerprint density at radius 1 is 1.16 bits per heavy atom. The first-order valence-electron chi connectivity index (χ1n) is 7.69. The summed E-state index contributed by atoms with van der Waals surface area (Å²) in [6.07, 6.45) is 0. The summed E-state index contributed by atoms with van der Waals surface area (Å²) in [5, 5.41) is 7.07. The lowest BCUT2D eigenvalue weighted by Gasteiger charge is -2.11. The lowest BCUT2D eigenvalue weighted by Crippen LogP contribution is -2.23. The van der Waals surface area contributed by atoms with E-state index in [4.69, 9.17) is 23.2 Å². The number of nitrogens with one attached hydrogen (secondary N) is 1. The Morgan fingerprint density at radius 2 is 1.88 bits per heavy atom. The third-order valence-corrected chi connectivity index (χ3v) is 5.20. The molecule has 0 aliphatic rings. The van der Waals surface area contributed by atoms with Crippen LogP contribution in [0.2, 0.25) is 10.0 Å². The van der Waals surface area contributed by atoms with E-state index in [-0.39, 0.29) is 5.91 Å². The molecule has 3 nitrogen and oxygen atoms in total. The Morgan fingerprint density at radius 3 is 2.48 bits per heavy atom. The van der Waals surface area contributed by atoms with Gasteiger partial charge in [-0.2, -0.15) is 0 Å². The summed E-state index contributed by atoms with van der Waals surface area (Å²) in [7, 11) is 0. The number of aryl methyl sites for hydroxylation is 2. The second-order valence-electron chi connectivity index (χ2n) is 5.69. The number of halogens is 2. The van der Waals surface area contributed by atoms with Crippen LogP contribution in [0.1, 0.15) is 26.5 Å². The molecule has 0 saturated carbocycles. The number of hydrogen-bond donors (Lipinski definition) is 1. The van der Waals surface area contributed by atoms with Gasteiger partial charge in [0.15, 0.2) is 0 Å². The first-order valence-corrected chi connectivity index (χ1v) is 9.33. The molecule has 1 heterocycles. The van der Waals surface area contributed by atoms with E-state index in [1.54, 1.807) is 29.5 Å². The minimum atomic E-state index is -0.147. The van der Waals surface area contributed by atoms with E-state index >= 15 is 0 Å². The largest absolute Gasteiger partial charge is 0.348 e. The zero-order valence-electron chi connectivity index (χ0n) is 13.8. The minimum Gasteiger partial charge on any atom is -0.348 e. The SMILES string of the molecule is Cc1nc(-c2ccc(C(=O)NCc3c(C)cc(Cl)cc3Cl)cc2)cs1. The molecule has 0 saturated heterocycles. The van der Waals surface area contributed by atoms with Crippen molar-refractivity contribution in [2.45, 2.75) is 20.4 Å². The molecule has 0 aliphatic heterocycles. The molecule has 0 bridgehead atoms. The molecular weight excluding hydrogens is 375 g/mol. The van der Waals surface area contributed by atoms with E-state index in [9.17, 15) is 4.79 Å². The van der Waals surface area contributed by atoms with Crippen molar-refractivity contribution < 1.29 is 4.79 Å². The number of carbonyl (C=O) groups is 1. The summed E-state index contributed by atoms with van der Waals surface area (Å²) in [5.74, 6) is -0.147. The standard InChI is InChI=1S/C19H16Cl2N2OS/c1-11-7-15(20)8-17(21)16(11)9-22-19(24)14-5-3-13(4-6-14)18-10-25-12(2)23-18/h3-8,10H,9H2,1-2H3,(H,22,24). The van der Waals surface area contributed by atoms with E-state index in [0.29, 0.717) is 22.2 Å². The second kappa shape index (κ2) is 7.56. The number of carbonyl (C=O) groups excluding carboxylic acids is 1. The van der Waals surface area contributed by atoms with Gasteiger partial charge in [-0.1, -0.05) is 35.3 Å². The Bertz CT molecular complexity index is 896. The topological polar surface area (TPSA) is 42.0 Å². The lowest BCUT2D eigenvalue weighted by atomic mass is 10.1. The van der Waals surface area contributed by atoms with Crippen LogP contribution in [0, 0.1) is 13.8 Å². The predicted molar refractivity (Wildman–Crippen MR) is 105 cm³/mol. The van der Waals surface area contributed by atoms with Gasteiger partial charge < -0.3 is 5.32 Å². The van der Waals surface area contributed by atoms with Crippen molar-refractivity contribution in [3.8, 4) is 11.3 Å². The highest BCUT2D eigenvalue weighted by atomic mass is 35.5. The quantitative estimate of drug-likeness (QED) is 0.623. The number of nitrogens with zero attached hydrogens (tertiary/aromatic N) is 1. The molecule has 0 spiro atoms. The molecule has 25 heavy (non-hydrogen) atoms. The maximum Gasteiger partial charge on any atom is 0.251 e. The van der Waals surface area contributed by atoms with Gasteiger partial charge in [0, 0.05) is 33.1 Å². The zero-order valence-corrected chi connectivity index (χ0v) is 16.1. The molecule has 3 aromatic rings. The van der Waals surface area contributed by atoms with Gasteiger partial charge in [-0.25, -0.2) is 4.98 Å². The molecule has 0 radical (unpaired) electrons. The van der Waals surface area contributed by atoms with Crippen LogP contribution in [0.3, 0.4) is 0 Å². The van der Waals surface area contributed by atoms with Gasteiger partial charge in [0.2, 0.25) is 0 Å². The molecule has 0 aliphatic carbocycles. The van der Waals surface area contributed by atoms with Crippen LogP contribution < -0.4 is 5.32 Å². The average molecular weight is 391 g/mol. The molecule has 1 aromatic heterocycles. The van der Waals surface area contributed by atoms with Crippen molar-refractivity contribution >= 4 is 40.4 Å². The maximum atomic E-state index is 12.4. The Labute approximate surface area is 160 Å². The Kier molecular flexibility index (Phi) is 5.42. The minimum absolute atomic E-state index is 0.147. The maximum absolute atomic E-state index is 12.4. The van der Waals surface area contributed by atoms with E-state index in [1.165, 1.54) is 0 Å². The molecule has 1 N–H and O–H groups in total. The van der Waals surface area contributed by atoms with Gasteiger partial charge >= 0.3 is 0 Å². The smallest absolute Gasteiger partial charge is 0.251 e. The van der Waals surface area contributed by atoms with Crippen LogP contribution in [0.25, 0.3) is 11.3 Å². The average Bonchev–Trinajstić information content (AvgIpc) is 3.00. The van der Waals surface area contributed by atoms with Crippen molar-refractivity contribution in [1.82, 2.24) is 10.3 Å². The highest BCUT2D eigenvalue weighted by molar-refractivity contribution is 7.09. The summed E-state index contributed by atoms with van der Waals surface area (Å²) in [6.45, 7) is 4.25. The first kappa shape index (κ1) is 17.9. The van der Waals surface area contributed by atoms with Gasteiger partial charge in [0.25, 0.3) is 5.91 Å². The number of amides is 1. The van der Waals surface area contributed by atoms with Crippen molar-refractivity contribution in [1.29, 1.82) is 0 Å². The Hall–Kier alpha value is -1.88. The van der Waals surface area contributed by atoms with Crippen LogP contribution >= 0.6 is 34.5 Å². The van der Waals surface area contributed by atoms with Gasteiger partial charge in [0.05, 0.1) is 10.7 Å². The van der Waals surface area contributed by atoms with Gasteiger partial charge in [-0.05, 0) is 49.2 Å². The fraction of sp³-hybridized carbons (Fsp3) is 0.158. The van der Waals surface area contributed by atoms with Crippen LogP contribution in [0.15, 0.2) is 41.8 Å². The molecule has 6 heteroatoms. The molecule has 1 amide bonds. The summed E-state index contributed by atoms with van der Waals surface area (Å²) in [5.41, 5.74) is 4.34. The lowest BCUT2D eigenvalue weighted by molar-refractivity contribution is 0.0951. The third kappa shape index (κ3) is 4.21. The van der Waals surface area contributed by atoms with E-state index in [1.807, 2.05) is 37.4 Å². The summed E-state index contributed by atoms with van der Waals surface area (Å²) in [4.78, 5) is 16.8. The fourth-order valence-electron chi connectivity index (χ4n) is 2.52. The molecule has 128 valence electrons. The number of thiazole rings is 1. The summed E-state index contributed by atoms with van der Waals surface area (Å²) < 4.78 is 0. The monoisotopic (exact) mass is 390 g/mol. The van der Waals surface area contributed by atoms with Crippen molar-refractivity contribution in [3.63, 3.8) is 0 Å². The normalized spacial score (nSPS) is 10.7. The number of benzene rings is 2. The van der Waals surface area contributed by atoms with Crippen LogP contribution in [0.4, 0.5) is 0 Å². The summed E-state index contributed by atoms with van der Waals surface area (Å²) in [6, 6.07) is 10.9. The number of rotatable bonds is 4. The predicted octanol–water partition coefficient (Wildman–Crippen LogP) is 5.66. The Balaban J connectivity index is 1.70. The molecule has 2 aromatic carbocycles. The highest BCUT2D eigenvalue weighted by Gasteiger charge is 2.10. The van der Waals surface area contributed by atoms with Gasteiger partial charge in [0.1, 0.15) is 0 Å². The fourth-order valence-corrected chi connectivity index (χ4v) is 3.80. The third-order valence-electron chi connectivity index (χ3n) is 3.87. The molecule has 0 unspecified atom stereocenters. The second-order valence-corrected chi connectivity index (χ2v) is 7.60. The van der Waals surface area contributed by atoms with Crippen molar-refractivity contribution in [2.75, 3.05) is 0 Å². The zero-order chi connectivity index (χ0) is 18.0. The van der Waals surface area contributed by atoms with E-state index < -0.39 is 0 Å². The van der Waals surface area contributed by atoms with Crippen LogP contribution in [0.5, 0.6) is 0 Å². The molecule has 3 rings (SSSR count). The number of aromatic nitrogens is 1.